The number of aromatic amines is 1. The molecule has 3 aliphatic heterocycles. The van der Waals surface area contributed by atoms with Gasteiger partial charge in [0.15, 0.2) is 0 Å². The predicted molar refractivity (Wildman–Crippen MR) is 145 cm³/mol. The number of benzene rings is 3. The average molecular weight is 495 g/mol. The van der Waals surface area contributed by atoms with Gasteiger partial charge in [0.25, 0.3) is 11.8 Å². The van der Waals surface area contributed by atoms with Gasteiger partial charge in [-0.3, -0.25) is 14.5 Å². The Morgan fingerprint density at radius 2 is 1.62 bits per heavy atom. The van der Waals surface area contributed by atoms with Crippen molar-refractivity contribution in [3.05, 3.63) is 83.9 Å². The van der Waals surface area contributed by atoms with Crippen LogP contribution in [0.1, 0.15) is 40.0 Å². The molecule has 0 saturated carbocycles. The summed E-state index contributed by atoms with van der Waals surface area (Å²) in [5.74, 6) is 1.26. The zero-order valence-corrected chi connectivity index (χ0v) is 20.8. The topological polar surface area (TPSA) is 86.5 Å². The van der Waals surface area contributed by atoms with E-state index in [4.69, 9.17) is 4.74 Å². The lowest BCUT2D eigenvalue weighted by Gasteiger charge is -2.45. The smallest absolute Gasteiger partial charge is 0.255 e. The van der Waals surface area contributed by atoms with E-state index in [1.807, 2.05) is 42.5 Å². The fraction of sp³-hybridized carbons (Fsp3) is 0.267. The van der Waals surface area contributed by atoms with E-state index in [0.29, 0.717) is 22.6 Å². The maximum atomic E-state index is 13.0. The number of H-pyrrole nitrogens is 1. The number of anilines is 1. The molecule has 2 bridgehead atoms. The van der Waals surface area contributed by atoms with Crippen molar-refractivity contribution in [1.29, 1.82) is 0 Å². The fourth-order valence-electron chi connectivity index (χ4n) is 5.46. The Bertz CT molecular complexity index is 1430. The number of methoxy groups -OCH3 is 1. The van der Waals surface area contributed by atoms with Gasteiger partial charge in [0.05, 0.1) is 13.3 Å². The largest absolute Gasteiger partial charge is 0.497 e. The molecule has 1 aromatic heterocycles. The van der Waals surface area contributed by atoms with Gasteiger partial charge < -0.3 is 20.4 Å². The average Bonchev–Trinajstić information content (AvgIpc) is 3.38. The molecule has 7 rings (SSSR count). The van der Waals surface area contributed by atoms with Gasteiger partial charge in [-0.05, 0) is 91.4 Å². The number of amides is 2. The number of nitrogens with zero attached hydrogens (tertiary/aromatic N) is 1. The normalized spacial score (nSPS) is 20.5. The zero-order valence-electron chi connectivity index (χ0n) is 20.8. The first kappa shape index (κ1) is 23.3. The third-order valence-corrected chi connectivity index (χ3v) is 7.63. The summed E-state index contributed by atoms with van der Waals surface area (Å²) >= 11 is 0. The molecular weight excluding hydrogens is 464 g/mol. The Kier molecular flexibility index (Phi) is 6.14. The molecule has 7 heteroatoms. The van der Waals surface area contributed by atoms with Crippen LogP contribution in [0.25, 0.3) is 22.2 Å². The van der Waals surface area contributed by atoms with Crippen molar-refractivity contribution in [2.24, 2.45) is 5.92 Å². The Morgan fingerprint density at radius 3 is 2.30 bits per heavy atom. The third-order valence-electron chi connectivity index (χ3n) is 7.63. The summed E-state index contributed by atoms with van der Waals surface area (Å²) in [5.41, 5.74) is 4.88. The molecule has 3 saturated heterocycles. The van der Waals surface area contributed by atoms with E-state index in [1.165, 1.54) is 12.8 Å². The lowest BCUT2D eigenvalue weighted by molar-refractivity contribution is 0.0295. The second-order valence-electron chi connectivity index (χ2n) is 9.95. The Morgan fingerprint density at radius 1 is 0.892 bits per heavy atom. The maximum Gasteiger partial charge on any atom is 0.255 e. The van der Waals surface area contributed by atoms with Crippen LogP contribution in [0.4, 0.5) is 5.69 Å². The summed E-state index contributed by atoms with van der Waals surface area (Å²) < 4.78 is 5.15. The van der Waals surface area contributed by atoms with Crippen LogP contribution in [0.3, 0.4) is 0 Å². The molecule has 3 aliphatic rings. The monoisotopic (exact) mass is 494 g/mol. The van der Waals surface area contributed by atoms with Crippen LogP contribution in [0.2, 0.25) is 0 Å². The highest BCUT2D eigenvalue weighted by Crippen LogP contribution is 2.31. The molecule has 1 unspecified atom stereocenters. The van der Waals surface area contributed by atoms with Crippen molar-refractivity contribution < 1.29 is 14.3 Å². The first-order valence-corrected chi connectivity index (χ1v) is 12.8. The van der Waals surface area contributed by atoms with Crippen LogP contribution in [0, 0.1) is 5.92 Å². The minimum absolute atomic E-state index is 0.0147. The van der Waals surface area contributed by atoms with Crippen molar-refractivity contribution >= 4 is 28.4 Å². The third kappa shape index (κ3) is 4.82. The molecule has 1 atom stereocenters. The zero-order chi connectivity index (χ0) is 25.4. The second-order valence-corrected chi connectivity index (χ2v) is 9.95. The molecular formula is C30H30N4O3. The highest BCUT2D eigenvalue weighted by atomic mass is 16.5. The van der Waals surface area contributed by atoms with Gasteiger partial charge in [0.1, 0.15) is 5.75 Å². The molecule has 0 radical (unpaired) electrons. The summed E-state index contributed by atoms with van der Waals surface area (Å²) in [7, 11) is 1.60. The molecule has 3 N–H and O–H groups in total. The van der Waals surface area contributed by atoms with Crippen molar-refractivity contribution in [1.82, 2.24) is 15.2 Å². The second kappa shape index (κ2) is 9.75. The van der Waals surface area contributed by atoms with Crippen LogP contribution in [0.15, 0.2) is 72.8 Å². The molecule has 3 aromatic carbocycles. The van der Waals surface area contributed by atoms with Crippen LogP contribution in [0.5, 0.6) is 5.75 Å². The number of carbonyl (C=O) groups excluding carboxylic acids is 2. The van der Waals surface area contributed by atoms with E-state index < -0.39 is 0 Å². The summed E-state index contributed by atoms with van der Waals surface area (Å²) in [6.07, 6.45) is 3.71. The predicted octanol–water partition coefficient (Wildman–Crippen LogP) is 5.27. The maximum absolute atomic E-state index is 13.0. The lowest BCUT2D eigenvalue weighted by Crippen LogP contribution is -2.56. The number of carbonyl (C=O) groups is 2. The van der Waals surface area contributed by atoms with E-state index in [-0.39, 0.29) is 18.0 Å². The first-order valence-electron chi connectivity index (χ1n) is 12.8. The summed E-state index contributed by atoms with van der Waals surface area (Å²) in [6.45, 7) is 2.17. The molecule has 0 spiro atoms. The number of piperidine rings is 3. The summed E-state index contributed by atoms with van der Waals surface area (Å²) in [5, 5.41) is 7.16. The molecule has 2 amide bonds. The molecule has 4 aromatic rings. The summed E-state index contributed by atoms with van der Waals surface area (Å²) in [4.78, 5) is 31.4. The van der Waals surface area contributed by atoms with Crippen molar-refractivity contribution in [2.45, 2.75) is 25.4 Å². The van der Waals surface area contributed by atoms with Gasteiger partial charge in [-0.1, -0.05) is 12.1 Å². The molecule has 4 heterocycles. The first-order chi connectivity index (χ1) is 18.1. The number of aromatic nitrogens is 1. The number of fused-ring (bicyclic) bond motifs is 4. The highest BCUT2D eigenvalue weighted by Gasteiger charge is 2.34. The van der Waals surface area contributed by atoms with Crippen LogP contribution in [-0.4, -0.2) is 48.1 Å². The van der Waals surface area contributed by atoms with Crippen molar-refractivity contribution in [3.8, 4) is 17.0 Å². The molecule has 188 valence electrons. The van der Waals surface area contributed by atoms with Crippen LogP contribution < -0.4 is 15.4 Å². The molecule has 0 aliphatic carbocycles. The molecule has 3 fully saturated rings. The van der Waals surface area contributed by atoms with E-state index in [9.17, 15) is 9.59 Å². The van der Waals surface area contributed by atoms with E-state index in [2.05, 4.69) is 26.6 Å². The van der Waals surface area contributed by atoms with E-state index in [0.717, 1.165) is 47.6 Å². The Labute approximate surface area is 215 Å². The minimum atomic E-state index is -0.176. The van der Waals surface area contributed by atoms with Crippen LogP contribution in [-0.2, 0) is 0 Å². The molecule has 37 heavy (non-hydrogen) atoms. The van der Waals surface area contributed by atoms with Gasteiger partial charge in [-0.25, -0.2) is 0 Å². The van der Waals surface area contributed by atoms with E-state index >= 15 is 0 Å². The van der Waals surface area contributed by atoms with Crippen LogP contribution >= 0.6 is 0 Å². The highest BCUT2D eigenvalue weighted by molar-refractivity contribution is 6.04. The number of nitrogens with one attached hydrogen (secondary N) is 3. The number of hydrogen-bond donors (Lipinski definition) is 3. The fourth-order valence-corrected chi connectivity index (χ4v) is 5.46. The Hall–Kier alpha value is -4.10. The van der Waals surface area contributed by atoms with Crippen molar-refractivity contribution in [3.63, 3.8) is 0 Å². The van der Waals surface area contributed by atoms with Gasteiger partial charge in [-0.2, -0.15) is 0 Å². The van der Waals surface area contributed by atoms with Gasteiger partial charge >= 0.3 is 0 Å². The van der Waals surface area contributed by atoms with Gasteiger partial charge in [0.2, 0.25) is 0 Å². The van der Waals surface area contributed by atoms with E-state index in [1.54, 1.807) is 31.4 Å². The lowest BCUT2D eigenvalue weighted by atomic mass is 9.86. The number of rotatable bonds is 6. The van der Waals surface area contributed by atoms with Gasteiger partial charge in [-0.15, -0.1) is 0 Å². The summed E-state index contributed by atoms with van der Waals surface area (Å²) in [6, 6.07) is 22.5. The minimum Gasteiger partial charge on any atom is -0.497 e. The SMILES string of the molecule is COc1ccc(C(=O)Nc2ccc(-c3cc4cc(C(=O)NC5CC6CCN5CC6)ccc4[nH]3)cc2)cc1. The number of ether oxygens (including phenoxy) is 1. The standard InChI is InChI=1S/C30H30N4O3/c1-37-25-9-4-21(5-10-25)29(35)31-24-7-2-20(3-8-24)27-18-23-17-22(6-11-26(23)32-27)30(36)33-28-16-19-12-14-34(28)15-13-19/h2-11,17-19,28,32H,12-16H2,1H3,(H,31,35)(H,33,36). The van der Waals surface area contributed by atoms with Crippen molar-refractivity contribution in [2.75, 3.05) is 25.5 Å². The Balaban J connectivity index is 1.13. The molecule has 7 nitrogen and oxygen atoms in total. The van der Waals surface area contributed by atoms with Gasteiger partial charge in [0, 0.05) is 46.5 Å². The number of hydrogen-bond acceptors (Lipinski definition) is 4. The quantitative estimate of drug-likeness (QED) is 0.341.